The fourth-order valence-corrected chi connectivity index (χ4v) is 2.20. The van der Waals surface area contributed by atoms with Gasteiger partial charge in [-0.3, -0.25) is 0 Å². The Labute approximate surface area is 132 Å². The summed E-state index contributed by atoms with van der Waals surface area (Å²) in [5.41, 5.74) is 0.994. The van der Waals surface area contributed by atoms with E-state index in [4.69, 9.17) is 16.3 Å². The summed E-state index contributed by atoms with van der Waals surface area (Å²) in [5.74, 6) is 1.27. The second kappa shape index (κ2) is 7.07. The van der Waals surface area contributed by atoms with E-state index in [1.54, 1.807) is 12.3 Å². The van der Waals surface area contributed by atoms with Crippen molar-refractivity contribution in [2.45, 2.75) is 26.4 Å². The molecule has 0 atom stereocenters. The molecule has 0 saturated heterocycles. The number of hydrogen-bond donors (Lipinski definition) is 1. The first-order valence-electron chi connectivity index (χ1n) is 6.36. The van der Waals surface area contributed by atoms with Crippen LogP contribution in [0, 0.1) is 0 Å². The summed E-state index contributed by atoms with van der Waals surface area (Å²) in [6, 6.07) is 9.68. The van der Waals surface area contributed by atoms with Crippen LogP contribution in [-0.4, -0.2) is 11.0 Å². The van der Waals surface area contributed by atoms with Gasteiger partial charge < -0.3 is 10.1 Å². The Balaban J connectivity index is 2.21. The lowest BCUT2D eigenvalue weighted by Gasteiger charge is -2.13. The number of benzene rings is 1. The SMILES string of the molecule is CC(C)NCc1cc(Br)cnc1Oc1cccc(Cl)c1. The Morgan fingerprint density at radius 3 is 2.85 bits per heavy atom. The van der Waals surface area contributed by atoms with Crippen molar-refractivity contribution in [1.29, 1.82) is 0 Å². The first-order chi connectivity index (χ1) is 9.54. The minimum absolute atomic E-state index is 0.396. The van der Waals surface area contributed by atoms with Crippen molar-refractivity contribution in [2.75, 3.05) is 0 Å². The smallest absolute Gasteiger partial charge is 0.223 e. The van der Waals surface area contributed by atoms with E-state index in [1.807, 2.05) is 24.3 Å². The summed E-state index contributed by atoms with van der Waals surface area (Å²) in [6.45, 7) is 4.89. The molecule has 5 heteroatoms. The van der Waals surface area contributed by atoms with E-state index in [-0.39, 0.29) is 0 Å². The number of pyridine rings is 1. The van der Waals surface area contributed by atoms with Crippen LogP contribution in [0.2, 0.25) is 5.02 Å². The molecule has 0 aliphatic carbocycles. The van der Waals surface area contributed by atoms with Crippen LogP contribution in [0.4, 0.5) is 0 Å². The van der Waals surface area contributed by atoms with Crippen LogP contribution in [0.5, 0.6) is 11.6 Å². The third-order valence-corrected chi connectivity index (χ3v) is 3.27. The molecular weight excluding hydrogens is 340 g/mol. The molecule has 1 aromatic carbocycles. The summed E-state index contributed by atoms with van der Waals surface area (Å²) in [7, 11) is 0. The van der Waals surface area contributed by atoms with Gasteiger partial charge in [-0.2, -0.15) is 0 Å². The molecule has 0 saturated carbocycles. The molecule has 2 rings (SSSR count). The molecule has 0 unspecified atom stereocenters. The molecule has 0 fully saturated rings. The molecule has 0 amide bonds. The average Bonchev–Trinajstić information content (AvgIpc) is 2.39. The van der Waals surface area contributed by atoms with Crippen LogP contribution in [0.15, 0.2) is 41.0 Å². The Bertz CT molecular complexity index is 590. The van der Waals surface area contributed by atoms with Crippen LogP contribution in [0.3, 0.4) is 0 Å². The molecule has 0 radical (unpaired) electrons. The first kappa shape index (κ1) is 15.3. The van der Waals surface area contributed by atoms with E-state index in [9.17, 15) is 0 Å². The summed E-state index contributed by atoms with van der Waals surface area (Å²) >= 11 is 9.39. The number of ether oxygens (including phenoxy) is 1. The van der Waals surface area contributed by atoms with Gasteiger partial charge in [-0.1, -0.05) is 31.5 Å². The standard InChI is InChI=1S/C15H16BrClN2O/c1-10(2)18-8-11-6-12(16)9-19-15(11)20-14-5-3-4-13(17)7-14/h3-7,9-10,18H,8H2,1-2H3. The molecule has 2 aromatic rings. The molecule has 20 heavy (non-hydrogen) atoms. The van der Waals surface area contributed by atoms with E-state index in [0.29, 0.717) is 29.2 Å². The minimum Gasteiger partial charge on any atom is -0.439 e. The van der Waals surface area contributed by atoms with Crippen molar-refractivity contribution < 1.29 is 4.74 Å². The number of rotatable bonds is 5. The van der Waals surface area contributed by atoms with Crippen LogP contribution in [0.25, 0.3) is 0 Å². The highest BCUT2D eigenvalue weighted by atomic mass is 79.9. The Morgan fingerprint density at radius 2 is 2.15 bits per heavy atom. The maximum Gasteiger partial charge on any atom is 0.223 e. The van der Waals surface area contributed by atoms with Crippen molar-refractivity contribution in [3.63, 3.8) is 0 Å². The van der Waals surface area contributed by atoms with E-state index in [0.717, 1.165) is 10.0 Å². The van der Waals surface area contributed by atoms with Gasteiger partial charge in [0.2, 0.25) is 5.88 Å². The largest absolute Gasteiger partial charge is 0.439 e. The summed E-state index contributed by atoms with van der Waals surface area (Å²) in [6.07, 6.45) is 1.72. The lowest BCUT2D eigenvalue weighted by Crippen LogP contribution is -2.22. The molecule has 1 aromatic heterocycles. The van der Waals surface area contributed by atoms with Gasteiger partial charge in [0.25, 0.3) is 0 Å². The van der Waals surface area contributed by atoms with Crippen molar-refractivity contribution in [1.82, 2.24) is 10.3 Å². The molecule has 1 heterocycles. The fraction of sp³-hybridized carbons (Fsp3) is 0.267. The predicted octanol–water partition coefficient (Wildman–Crippen LogP) is 4.79. The molecule has 3 nitrogen and oxygen atoms in total. The minimum atomic E-state index is 0.396. The lowest BCUT2D eigenvalue weighted by atomic mass is 10.2. The van der Waals surface area contributed by atoms with Crippen molar-refractivity contribution in [3.8, 4) is 11.6 Å². The first-order valence-corrected chi connectivity index (χ1v) is 7.53. The van der Waals surface area contributed by atoms with E-state index >= 15 is 0 Å². The van der Waals surface area contributed by atoms with Gasteiger partial charge in [0.1, 0.15) is 5.75 Å². The van der Waals surface area contributed by atoms with Gasteiger partial charge in [0.15, 0.2) is 0 Å². The van der Waals surface area contributed by atoms with Gasteiger partial charge in [-0.15, -0.1) is 0 Å². The summed E-state index contributed by atoms with van der Waals surface area (Å²) in [4.78, 5) is 4.33. The zero-order chi connectivity index (χ0) is 14.5. The quantitative estimate of drug-likeness (QED) is 0.837. The molecule has 0 aliphatic rings. The number of halogens is 2. The summed E-state index contributed by atoms with van der Waals surface area (Å²) < 4.78 is 6.75. The molecular formula is C15H16BrClN2O. The van der Waals surface area contributed by atoms with Crippen molar-refractivity contribution in [2.24, 2.45) is 0 Å². The monoisotopic (exact) mass is 354 g/mol. The van der Waals surface area contributed by atoms with Gasteiger partial charge in [-0.05, 0) is 40.2 Å². The zero-order valence-corrected chi connectivity index (χ0v) is 13.7. The Hall–Kier alpha value is -1.10. The number of hydrogen-bond acceptors (Lipinski definition) is 3. The second-order valence-corrected chi connectivity index (χ2v) is 6.06. The predicted molar refractivity (Wildman–Crippen MR) is 85.4 cm³/mol. The normalized spacial score (nSPS) is 10.8. The van der Waals surface area contributed by atoms with Crippen LogP contribution >= 0.6 is 27.5 Å². The van der Waals surface area contributed by atoms with Crippen LogP contribution < -0.4 is 10.1 Å². The maximum absolute atomic E-state index is 5.96. The van der Waals surface area contributed by atoms with E-state index in [1.165, 1.54) is 0 Å². The van der Waals surface area contributed by atoms with E-state index < -0.39 is 0 Å². The van der Waals surface area contributed by atoms with E-state index in [2.05, 4.69) is 40.1 Å². The highest BCUT2D eigenvalue weighted by Gasteiger charge is 2.08. The number of nitrogens with zero attached hydrogens (tertiary/aromatic N) is 1. The van der Waals surface area contributed by atoms with Gasteiger partial charge in [-0.25, -0.2) is 4.98 Å². The second-order valence-electron chi connectivity index (χ2n) is 4.71. The van der Waals surface area contributed by atoms with Crippen molar-refractivity contribution in [3.05, 3.63) is 51.6 Å². The number of nitrogens with one attached hydrogen (secondary N) is 1. The maximum atomic E-state index is 5.96. The molecule has 0 bridgehead atoms. The average molecular weight is 356 g/mol. The zero-order valence-electron chi connectivity index (χ0n) is 11.4. The highest BCUT2D eigenvalue weighted by Crippen LogP contribution is 2.27. The summed E-state index contributed by atoms with van der Waals surface area (Å²) in [5, 5.41) is 4.00. The molecule has 106 valence electrons. The third kappa shape index (κ3) is 4.47. The van der Waals surface area contributed by atoms with Gasteiger partial charge in [0, 0.05) is 33.8 Å². The van der Waals surface area contributed by atoms with Crippen LogP contribution in [-0.2, 0) is 6.54 Å². The van der Waals surface area contributed by atoms with Gasteiger partial charge in [0.05, 0.1) is 0 Å². The fourth-order valence-electron chi connectivity index (χ4n) is 1.64. The highest BCUT2D eigenvalue weighted by molar-refractivity contribution is 9.10. The molecule has 1 N–H and O–H groups in total. The third-order valence-electron chi connectivity index (χ3n) is 2.60. The molecule has 0 aliphatic heterocycles. The van der Waals surface area contributed by atoms with Crippen LogP contribution in [0.1, 0.15) is 19.4 Å². The lowest BCUT2D eigenvalue weighted by molar-refractivity contribution is 0.450. The Morgan fingerprint density at radius 1 is 1.35 bits per heavy atom. The Kier molecular flexibility index (Phi) is 5.40. The molecule has 0 spiro atoms. The number of aromatic nitrogens is 1. The topological polar surface area (TPSA) is 34.2 Å². The van der Waals surface area contributed by atoms with Crippen molar-refractivity contribution >= 4 is 27.5 Å². The van der Waals surface area contributed by atoms with Gasteiger partial charge >= 0.3 is 0 Å².